The highest BCUT2D eigenvalue weighted by Gasteiger charge is 2.18. The summed E-state index contributed by atoms with van der Waals surface area (Å²) in [6.07, 6.45) is 11.9. The van der Waals surface area contributed by atoms with Crippen molar-refractivity contribution < 1.29 is 9.32 Å². The van der Waals surface area contributed by atoms with E-state index >= 15 is 0 Å². The molecule has 0 aliphatic heterocycles. The Hall–Kier alpha value is -3.45. The summed E-state index contributed by atoms with van der Waals surface area (Å²) in [6.45, 7) is 5.63. The lowest BCUT2D eigenvalue weighted by Crippen LogP contribution is -2.30. The van der Waals surface area contributed by atoms with Gasteiger partial charge in [0.1, 0.15) is 11.5 Å². The maximum Gasteiger partial charge on any atom is 0.251 e. The van der Waals surface area contributed by atoms with Crippen LogP contribution in [0.3, 0.4) is 0 Å². The zero-order chi connectivity index (χ0) is 22.3. The number of aromatic amines is 1. The number of nitrogens with zero attached hydrogens (tertiary/aromatic N) is 2. The van der Waals surface area contributed by atoms with E-state index in [0.29, 0.717) is 5.56 Å². The van der Waals surface area contributed by atoms with E-state index in [9.17, 15) is 4.79 Å². The molecule has 0 bridgehead atoms. The van der Waals surface area contributed by atoms with Crippen LogP contribution >= 0.6 is 0 Å². The number of imidazole rings is 1. The maximum atomic E-state index is 12.3. The lowest BCUT2D eigenvalue weighted by Gasteiger charge is -2.14. The summed E-state index contributed by atoms with van der Waals surface area (Å²) in [7, 11) is 0. The van der Waals surface area contributed by atoms with Crippen molar-refractivity contribution in [2.75, 3.05) is 13.1 Å². The van der Waals surface area contributed by atoms with E-state index in [-0.39, 0.29) is 17.9 Å². The second-order valence-corrected chi connectivity index (χ2v) is 8.31. The Morgan fingerprint density at radius 2 is 2.22 bits per heavy atom. The Kier molecular flexibility index (Phi) is 6.97. The molecule has 166 valence electrons. The molecular weight excluding hydrogens is 402 g/mol. The van der Waals surface area contributed by atoms with Crippen molar-refractivity contribution in [3.05, 3.63) is 83.7 Å². The molecule has 3 aromatic rings. The zero-order valence-corrected chi connectivity index (χ0v) is 18.5. The smallest absolute Gasteiger partial charge is 0.251 e. The Labute approximate surface area is 188 Å². The number of amides is 1. The van der Waals surface area contributed by atoms with Crippen molar-refractivity contribution in [2.45, 2.75) is 38.6 Å². The summed E-state index contributed by atoms with van der Waals surface area (Å²) in [5.74, 6) is 0.907. The first-order chi connectivity index (χ1) is 15.6. The molecule has 1 aliphatic carbocycles. The lowest BCUT2D eigenvalue weighted by molar-refractivity contribution is 0.0943. The second kappa shape index (κ2) is 10.2. The predicted molar refractivity (Wildman–Crippen MR) is 124 cm³/mol. The van der Waals surface area contributed by atoms with Gasteiger partial charge in [-0.2, -0.15) is 0 Å². The van der Waals surface area contributed by atoms with Crippen LogP contribution in [-0.2, 0) is 6.42 Å². The number of aromatic nitrogens is 3. The molecule has 1 aromatic carbocycles. The molecule has 1 aliphatic rings. The van der Waals surface area contributed by atoms with Crippen LogP contribution in [0, 0.1) is 0 Å². The molecule has 0 fully saturated rings. The van der Waals surface area contributed by atoms with Gasteiger partial charge in [0.25, 0.3) is 5.91 Å². The first-order valence-electron chi connectivity index (χ1n) is 11.0. The largest absolute Gasteiger partial charge is 0.360 e. The van der Waals surface area contributed by atoms with Crippen molar-refractivity contribution in [2.24, 2.45) is 0 Å². The van der Waals surface area contributed by atoms with Crippen LogP contribution in [-0.4, -0.2) is 40.2 Å². The fourth-order valence-corrected chi connectivity index (χ4v) is 3.65. The van der Waals surface area contributed by atoms with Crippen LogP contribution in [0.1, 0.15) is 48.0 Å². The number of carbonyl (C=O) groups is 1. The molecule has 0 spiro atoms. The Balaban J connectivity index is 1.32. The molecule has 7 nitrogen and oxygen atoms in total. The van der Waals surface area contributed by atoms with Gasteiger partial charge in [-0.05, 0) is 38.0 Å². The Bertz CT molecular complexity index is 1100. The topological polar surface area (TPSA) is 95.8 Å². The third kappa shape index (κ3) is 5.62. The van der Waals surface area contributed by atoms with Gasteiger partial charge in [-0.25, -0.2) is 4.98 Å². The predicted octanol–water partition coefficient (Wildman–Crippen LogP) is 4.01. The molecule has 2 heterocycles. The summed E-state index contributed by atoms with van der Waals surface area (Å²) in [4.78, 5) is 19.4. The third-order valence-corrected chi connectivity index (χ3v) is 5.37. The summed E-state index contributed by atoms with van der Waals surface area (Å²) in [5, 5.41) is 10.6. The fourth-order valence-electron chi connectivity index (χ4n) is 3.65. The average molecular weight is 432 g/mol. The van der Waals surface area contributed by atoms with E-state index in [1.165, 1.54) is 5.57 Å². The monoisotopic (exact) mass is 431 g/mol. The molecule has 1 atom stereocenters. The minimum absolute atomic E-state index is 0.0865. The first-order valence-corrected chi connectivity index (χ1v) is 11.0. The zero-order valence-electron chi connectivity index (χ0n) is 18.5. The van der Waals surface area contributed by atoms with E-state index in [2.05, 4.69) is 44.0 Å². The van der Waals surface area contributed by atoms with Crippen molar-refractivity contribution in [3.8, 4) is 11.3 Å². The van der Waals surface area contributed by atoms with Crippen LogP contribution in [0.4, 0.5) is 0 Å². The van der Waals surface area contributed by atoms with Gasteiger partial charge in [-0.3, -0.25) is 4.79 Å². The summed E-state index contributed by atoms with van der Waals surface area (Å²) in [6, 6.07) is 9.53. The number of rotatable bonds is 9. The SMILES string of the molecule is CC(C)NC(=O)c1cccc(-c2cc(C3C=CC(CNCCc4cnc[nH]4)=CC3)on2)c1. The van der Waals surface area contributed by atoms with Gasteiger partial charge in [0.2, 0.25) is 0 Å². The van der Waals surface area contributed by atoms with E-state index in [1.54, 1.807) is 12.4 Å². The summed E-state index contributed by atoms with van der Waals surface area (Å²) < 4.78 is 5.64. The maximum absolute atomic E-state index is 12.3. The van der Waals surface area contributed by atoms with Crippen molar-refractivity contribution in [1.82, 2.24) is 25.8 Å². The van der Waals surface area contributed by atoms with Crippen LogP contribution in [0.5, 0.6) is 0 Å². The van der Waals surface area contributed by atoms with Gasteiger partial charge >= 0.3 is 0 Å². The summed E-state index contributed by atoms with van der Waals surface area (Å²) >= 11 is 0. The van der Waals surface area contributed by atoms with Crippen LogP contribution in [0.2, 0.25) is 0 Å². The van der Waals surface area contributed by atoms with Gasteiger partial charge in [0.05, 0.1) is 6.33 Å². The van der Waals surface area contributed by atoms with E-state index in [4.69, 9.17) is 4.52 Å². The number of H-pyrrole nitrogens is 1. The number of benzene rings is 1. The van der Waals surface area contributed by atoms with E-state index in [0.717, 1.165) is 48.6 Å². The Morgan fingerprint density at radius 3 is 2.97 bits per heavy atom. The lowest BCUT2D eigenvalue weighted by atomic mass is 9.94. The fraction of sp³-hybridized carbons (Fsp3) is 0.320. The second-order valence-electron chi connectivity index (χ2n) is 8.31. The minimum atomic E-state index is -0.0865. The van der Waals surface area contributed by atoms with Crippen LogP contribution < -0.4 is 10.6 Å². The molecule has 4 rings (SSSR count). The van der Waals surface area contributed by atoms with Crippen molar-refractivity contribution in [1.29, 1.82) is 0 Å². The summed E-state index contributed by atoms with van der Waals surface area (Å²) in [5.41, 5.74) is 4.63. The molecule has 0 saturated carbocycles. The number of allylic oxidation sites excluding steroid dienone is 2. The van der Waals surface area contributed by atoms with Gasteiger partial charge in [-0.1, -0.05) is 35.5 Å². The van der Waals surface area contributed by atoms with E-state index < -0.39 is 0 Å². The Morgan fingerprint density at radius 1 is 1.31 bits per heavy atom. The molecule has 3 N–H and O–H groups in total. The minimum Gasteiger partial charge on any atom is -0.360 e. The van der Waals surface area contributed by atoms with Crippen LogP contribution in [0.15, 0.2) is 71.2 Å². The van der Waals surface area contributed by atoms with Gasteiger partial charge in [-0.15, -0.1) is 0 Å². The van der Waals surface area contributed by atoms with Crippen LogP contribution in [0.25, 0.3) is 11.3 Å². The normalized spacial score (nSPS) is 15.7. The standard InChI is InChI=1S/C25H29N5O2/c1-17(2)29-25(31)21-5-3-4-20(12-21)23-13-24(32-30-23)19-8-6-18(7-9-19)14-26-11-10-22-15-27-16-28-22/h3-8,12-13,15-17,19,26H,9-11,14H2,1-2H3,(H,27,28)(H,29,31). The highest BCUT2D eigenvalue weighted by Crippen LogP contribution is 2.30. The molecule has 0 saturated heterocycles. The molecule has 1 amide bonds. The molecule has 32 heavy (non-hydrogen) atoms. The first kappa shape index (κ1) is 21.8. The van der Waals surface area contributed by atoms with Gasteiger partial charge in [0.15, 0.2) is 0 Å². The van der Waals surface area contributed by atoms with Crippen molar-refractivity contribution >= 4 is 5.91 Å². The average Bonchev–Trinajstić information content (AvgIpc) is 3.49. The van der Waals surface area contributed by atoms with Gasteiger partial charge < -0.3 is 20.1 Å². The van der Waals surface area contributed by atoms with E-state index in [1.807, 2.05) is 44.3 Å². The number of carbonyl (C=O) groups excluding carboxylic acids is 1. The molecule has 7 heteroatoms. The highest BCUT2D eigenvalue weighted by atomic mass is 16.5. The third-order valence-electron chi connectivity index (χ3n) is 5.37. The molecule has 2 aromatic heterocycles. The molecule has 0 radical (unpaired) electrons. The quantitative estimate of drug-likeness (QED) is 0.445. The number of hydrogen-bond donors (Lipinski definition) is 3. The number of hydrogen-bond acceptors (Lipinski definition) is 5. The molecular formula is C25H29N5O2. The van der Waals surface area contributed by atoms with Crippen molar-refractivity contribution in [3.63, 3.8) is 0 Å². The molecule has 1 unspecified atom stereocenters. The highest BCUT2D eigenvalue weighted by molar-refractivity contribution is 5.95. The van der Waals surface area contributed by atoms with Gasteiger partial charge in [0, 0.05) is 60.6 Å². The number of nitrogens with one attached hydrogen (secondary N) is 3.